The van der Waals surface area contributed by atoms with E-state index in [0.29, 0.717) is 36.8 Å². The molecular formula is C33H45ClN6O5S. The number of benzene rings is 2. The van der Waals surface area contributed by atoms with E-state index in [1.807, 2.05) is 17.0 Å². The van der Waals surface area contributed by atoms with Crippen molar-refractivity contribution >= 4 is 50.5 Å². The lowest BCUT2D eigenvalue weighted by molar-refractivity contribution is -0.134. The predicted molar refractivity (Wildman–Crippen MR) is 183 cm³/mol. The van der Waals surface area contributed by atoms with Crippen LogP contribution < -0.4 is 15.4 Å². The van der Waals surface area contributed by atoms with Gasteiger partial charge in [-0.1, -0.05) is 30.7 Å². The van der Waals surface area contributed by atoms with Gasteiger partial charge in [0.1, 0.15) is 10.8 Å². The van der Waals surface area contributed by atoms with Crippen LogP contribution in [-0.4, -0.2) is 92.4 Å². The molecular weight excluding hydrogens is 628 g/mol. The van der Waals surface area contributed by atoms with Crippen LogP contribution in [-0.2, 0) is 25.8 Å². The first-order valence-corrected chi connectivity index (χ1v) is 17.6. The first-order valence-electron chi connectivity index (χ1n) is 15.7. The molecule has 1 amide bonds. The quantitative estimate of drug-likeness (QED) is 0.197. The van der Waals surface area contributed by atoms with Crippen molar-refractivity contribution in [1.82, 2.24) is 19.8 Å². The van der Waals surface area contributed by atoms with E-state index in [0.717, 1.165) is 56.7 Å². The molecule has 13 heteroatoms. The number of amides is 1. The molecule has 1 aliphatic rings. The highest BCUT2D eigenvalue weighted by Crippen LogP contribution is 2.33. The minimum atomic E-state index is -3.54. The molecule has 0 atom stereocenters. The van der Waals surface area contributed by atoms with Crippen molar-refractivity contribution in [1.29, 1.82) is 0 Å². The molecule has 1 aromatic heterocycles. The summed E-state index contributed by atoms with van der Waals surface area (Å²) in [6.45, 7) is 12.6. The Morgan fingerprint density at radius 2 is 1.80 bits per heavy atom. The fourth-order valence-electron chi connectivity index (χ4n) is 5.16. The molecule has 2 aromatic carbocycles. The van der Waals surface area contributed by atoms with Crippen molar-refractivity contribution < 1.29 is 22.7 Å². The van der Waals surface area contributed by atoms with E-state index in [-0.39, 0.29) is 27.6 Å². The van der Waals surface area contributed by atoms with Crippen LogP contribution in [0.5, 0.6) is 5.75 Å². The van der Waals surface area contributed by atoms with Crippen LogP contribution in [0.4, 0.5) is 23.1 Å². The number of hydrogen-bond acceptors (Lipinski definition) is 10. The smallest absolute Gasteiger partial charge is 0.229 e. The fourth-order valence-corrected chi connectivity index (χ4v) is 6.50. The molecule has 46 heavy (non-hydrogen) atoms. The summed E-state index contributed by atoms with van der Waals surface area (Å²) in [7, 11) is -1.93. The first kappa shape index (κ1) is 35.4. The van der Waals surface area contributed by atoms with Gasteiger partial charge in [-0.2, -0.15) is 4.98 Å². The molecule has 0 unspecified atom stereocenters. The number of piperazine rings is 1. The average Bonchev–Trinajstić information content (AvgIpc) is 3.04. The second-order valence-corrected chi connectivity index (χ2v) is 14.4. The van der Waals surface area contributed by atoms with E-state index in [1.165, 1.54) is 6.20 Å². The Bertz CT molecular complexity index is 1600. The largest absolute Gasteiger partial charge is 0.495 e. The Morgan fingerprint density at radius 1 is 1.07 bits per heavy atom. The Hall–Kier alpha value is -3.45. The van der Waals surface area contributed by atoms with E-state index in [1.54, 1.807) is 45.2 Å². The van der Waals surface area contributed by atoms with Crippen LogP contribution in [0.15, 0.2) is 47.5 Å². The van der Waals surface area contributed by atoms with Gasteiger partial charge in [0.2, 0.25) is 11.9 Å². The van der Waals surface area contributed by atoms with E-state index >= 15 is 0 Å². The minimum absolute atomic E-state index is 0.163. The summed E-state index contributed by atoms with van der Waals surface area (Å²) in [6.07, 6.45) is 3.69. The van der Waals surface area contributed by atoms with Crippen molar-refractivity contribution in [2.75, 3.05) is 63.7 Å². The van der Waals surface area contributed by atoms with Crippen molar-refractivity contribution in [2.24, 2.45) is 0 Å². The van der Waals surface area contributed by atoms with Gasteiger partial charge in [0.25, 0.3) is 0 Å². The zero-order valence-electron chi connectivity index (χ0n) is 27.3. The lowest BCUT2D eigenvalue weighted by Crippen LogP contribution is -2.49. The highest BCUT2D eigenvalue weighted by atomic mass is 35.5. The number of para-hydroxylation sites is 1. The van der Waals surface area contributed by atoms with Crippen molar-refractivity contribution in [2.45, 2.75) is 57.1 Å². The van der Waals surface area contributed by atoms with E-state index in [2.05, 4.69) is 39.3 Å². The number of aryl methyl sites for hydroxylation is 1. The van der Waals surface area contributed by atoms with Gasteiger partial charge in [-0.25, -0.2) is 13.4 Å². The number of halogens is 1. The van der Waals surface area contributed by atoms with Crippen molar-refractivity contribution in [3.63, 3.8) is 0 Å². The second kappa shape index (κ2) is 16.4. The lowest BCUT2D eigenvalue weighted by atomic mass is 10.0. The Labute approximate surface area is 277 Å². The van der Waals surface area contributed by atoms with Gasteiger partial charge in [0.05, 0.1) is 47.9 Å². The molecule has 0 spiro atoms. The normalized spacial score (nSPS) is 14.0. The monoisotopic (exact) mass is 672 g/mol. The number of sulfone groups is 1. The lowest BCUT2D eigenvalue weighted by Gasteiger charge is -2.35. The molecule has 2 N–H and O–H groups in total. The van der Waals surface area contributed by atoms with E-state index < -0.39 is 15.1 Å². The maximum absolute atomic E-state index is 12.9. The molecule has 4 rings (SSSR count). The van der Waals surface area contributed by atoms with Crippen molar-refractivity contribution in [3.05, 3.63) is 58.7 Å². The van der Waals surface area contributed by atoms with Crippen LogP contribution in [0.2, 0.25) is 5.02 Å². The number of anilines is 4. The summed E-state index contributed by atoms with van der Waals surface area (Å²) in [5.74, 6) is 1.34. The average molecular weight is 673 g/mol. The third kappa shape index (κ3) is 9.09. The van der Waals surface area contributed by atoms with Gasteiger partial charge in [0.15, 0.2) is 15.7 Å². The zero-order valence-corrected chi connectivity index (χ0v) is 28.9. The Kier molecular flexibility index (Phi) is 12.6. The number of methoxy groups -OCH3 is 1. The highest BCUT2D eigenvalue weighted by Gasteiger charge is 2.24. The Balaban J connectivity index is 1.40. The standard InChI is InChI=1S/C33H45ClN6O5S/c1-6-18-45-19-12-31(41)40-16-14-39(15-17-40)13-11-25-21-29(44-5)28(20-24(25)4)37-33-35-22-26(34)32(38-33)36-27-9-7-8-10-30(27)46(42,43)23(2)3/h7-10,20-23H,6,11-19H2,1-5H3,(H2,35,36,37,38). The number of carbonyl (C=O) groups excluding carboxylic acids is 1. The number of aromatic nitrogens is 2. The molecule has 250 valence electrons. The molecule has 1 aliphatic heterocycles. The molecule has 2 heterocycles. The number of nitrogens with one attached hydrogen (secondary N) is 2. The molecule has 0 radical (unpaired) electrons. The summed E-state index contributed by atoms with van der Waals surface area (Å²) < 4.78 is 37.1. The van der Waals surface area contributed by atoms with Crippen LogP contribution >= 0.6 is 11.6 Å². The van der Waals surface area contributed by atoms with Crippen LogP contribution in [0.25, 0.3) is 0 Å². The van der Waals surface area contributed by atoms with Crippen molar-refractivity contribution in [3.8, 4) is 5.75 Å². The van der Waals surface area contributed by atoms with E-state index in [9.17, 15) is 13.2 Å². The summed E-state index contributed by atoms with van der Waals surface area (Å²) in [6, 6.07) is 10.7. The van der Waals surface area contributed by atoms with E-state index in [4.69, 9.17) is 21.1 Å². The number of rotatable bonds is 15. The number of hydrogen-bond donors (Lipinski definition) is 2. The molecule has 1 fully saturated rings. The third-order valence-corrected chi connectivity index (χ3v) is 10.4. The fraction of sp³-hybridized carbons (Fsp3) is 0.485. The summed E-state index contributed by atoms with van der Waals surface area (Å²) in [4.78, 5) is 25.9. The molecule has 0 aliphatic carbocycles. The topological polar surface area (TPSA) is 126 Å². The summed E-state index contributed by atoms with van der Waals surface area (Å²) in [5.41, 5.74) is 3.32. The highest BCUT2D eigenvalue weighted by molar-refractivity contribution is 7.92. The molecule has 1 saturated heterocycles. The van der Waals surface area contributed by atoms with Gasteiger partial charge in [0, 0.05) is 39.3 Å². The van der Waals surface area contributed by atoms with Gasteiger partial charge >= 0.3 is 0 Å². The summed E-state index contributed by atoms with van der Waals surface area (Å²) in [5, 5.41) is 5.96. The van der Waals surface area contributed by atoms with Gasteiger partial charge in [-0.05, 0) is 69.0 Å². The first-order chi connectivity index (χ1) is 22.0. The SMILES string of the molecule is CCCOCCC(=O)N1CCN(CCc2cc(OC)c(Nc3ncc(Cl)c(Nc4ccccc4S(=O)(=O)C(C)C)n3)cc2C)CC1. The number of carbonyl (C=O) groups is 1. The third-order valence-electron chi connectivity index (χ3n) is 7.95. The maximum atomic E-state index is 12.9. The molecule has 0 bridgehead atoms. The summed E-state index contributed by atoms with van der Waals surface area (Å²) >= 11 is 6.42. The molecule has 11 nitrogen and oxygen atoms in total. The predicted octanol–water partition coefficient (Wildman–Crippen LogP) is 5.62. The zero-order chi connectivity index (χ0) is 33.3. The van der Waals surface area contributed by atoms with Crippen LogP contribution in [0.3, 0.4) is 0 Å². The maximum Gasteiger partial charge on any atom is 0.229 e. The van der Waals surface area contributed by atoms with Crippen LogP contribution in [0.1, 0.15) is 44.7 Å². The minimum Gasteiger partial charge on any atom is -0.495 e. The van der Waals surface area contributed by atoms with Crippen LogP contribution in [0, 0.1) is 6.92 Å². The number of ether oxygens (including phenoxy) is 2. The van der Waals surface area contributed by atoms with Gasteiger partial charge < -0.3 is 25.0 Å². The molecule has 3 aromatic rings. The Morgan fingerprint density at radius 3 is 2.50 bits per heavy atom. The van der Waals surface area contributed by atoms with Gasteiger partial charge in [-0.15, -0.1) is 0 Å². The van der Waals surface area contributed by atoms with Gasteiger partial charge in [-0.3, -0.25) is 9.69 Å². The molecule has 0 saturated carbocycles. The number of nitrogens with zero attached hydrogens (tertiary/aromatic N) is 4. The second-order valence-electron chi connectivity index (χ2n) is 11.5.